The molecule has 1 aromatic carbocycles. The lowest BCUT2D eigenvalue weighted by Gasteiger charge is -2.19. The maximum absolute atomic E-state index is 5.91. The van der Waals surface area contributed by atoms with Crippen molar-refractivity contribution in [3.8, 4) is 0 Å². The Balaban J connectivity index is 2.16. The van der Waals surface area contributed by atoms with Crippen LogP contribution in [0.4, 0.5) is 0 Å². The van der Waals surface area contributed by atoms with E-state index in [2.05, 4.69) is 56.1 Å². The van der Waals surface area contributed by atoms with Gasteiger partial charge in [0.2, 0.25) is 0 Å². The number of pyridine rings is 1. The van der Waals surface area contributed by atoms with Gasteiger partial charge in [-0.2, -0.15) is 0 Å². The zero-order valence-corrected chi connectivity index (χ0v) is 13.4. The summed E-state index contributed by atoms with van der Waals surface area (Å²) in [6, 6.07) is 12.8. The van der Waals surface area contributed by atoms with Crippen molar-refractivity contribution in [3.63, 3.8) is 0 Å². The van der Waals surface area contributed by atoms with Gasteiger partial charge in [0.15, 0.2) is 0 Å². The number of benzene rings is 1. The molecule has 1 unspecified atom stereocenters. The Morgan fingerprint density at radius 2 is 1.75 bits per heavy atom. The van der Waals surface area contributed by atoms with E-state index in [4.69, 9.17) is 5.73 Å². The molecule has 0 bridgehead atoms. The first-order chi connectivity index (χ1) is 9.36. The van der Waals surface area contributed by atoms with Crippen LogP contribution in [0.1, 0.15) is 44.9 Å². The van der Waals surface area contributed by atoms with Gasteiger partial charge in [-0.3, -0.25) is 0 Å². The molecule has 1 atom stereocenters. The van der Waals surface area contributed by atoms with Crippen molar-refractivity contribution in [2.24, 2.45) is 5.73 Å². The molecule has 1 heterocycles. The largest absolute Gasteiger partial charge is 0.324 e. The number of nitrogens with zero attached hydrogens (tertiary/aromatic N) is 1. The molecule has 0 amide bonds. The van der Waals surface area contributed by atoms with Gasteiger partial charge < -0.3 is 5.73 Å². The SMILES string of the molecule is CC(N)c1ccnc(Sc2ccc(C(C)(C)C)cc2)c1. The van der Waals surface area contributed by atoms with Gasteiger partial charge >= 0.3 is 0 Å². The molecule has 0 aliphatic carbocycles. The molecule has 2 N–H and O–H groups in total. The molecule has 2 aromatic rings. The molecule has 1 aromatic heterocycles. The molecule has 0 aliphatic rings. The first kappa shape index (κ1) is 15.1. The lowest BCUT2D eigenvalue weighted by Crippen LogP contribution is -2.10. The van der Waals surface area contributed by atoms with Gasteiger partial charge in [-0.05, 0) is 47.7 Å². The van der Waals surface area contributed by atoms with Crippen LogP contribution in [0, 0.1) is 0 Å². The van der Waals surface area contributed by atoms with E-state index in [1.54, 1.807) is 11.8 Å². The molecule has 0 saturated carbocycles. The first-order valence-corrected chi connectivity index (χ1v) is 7.68. The summed E-state index contributed by atoms with van der Waals surface area (Å²) in [7, 11) is 0. The van der Waals surface area contributed by atoms with Gasteiger partial charge in [0, 0.05) is 17.1 Å². The minimum atomic E-state index is 0.0422. The molecule has 0 fully saturated rings. The summed E-state index contributed by atoms with van der Waals surface area (Å²) >= 11 is 1.67. The van der Waals surface area contributed by atoms with E-state index in [9.17, 15) is 0 Å². The van der Waals surface area contributed by atoms with Crippen molar-refractivity contribution < 1.29 is 0 Å². The van der Waals surface area contributed by atoms with Crippen LogP contribution in [0.25, 0.3) is 0 Å². The monoisotopic (exact) mass is 286 g/mol. The van der Waals surface area contributed by atoms with Gasteiger partial charge in [-0.1, -0.05) is 44.7 Å². The molecule has 0 radical (unpaired) electrons. The van der Waals surface area contributed by atoms with Gasteiger partial charge in [0.05, 0.1) is 0 Å². The Bertz CT molecular complexity index is 568. The van der Waals surface area contributed by atoms with Crippen LogP contribution in [-0.4, -0.2) is 4.98 Å². The summed E-state index contributed by atoms with van der Waals surface area (Å²) in [6.45, 7) is 8.66. The van der Waals surface area contributed by atoms with Gasteiger partial charge in [0.1, 0.15) is 5.03 Å². The molecule has 20 heavy (non-hydrogen) atoms. The Kier molecular flexibility index (Phi) is 4.51. The fraction of sp³-hybridized carbons (Fsp3) is 0.353. The highest BCUT2D eigenvalue weighted by molar-refractivity contribution is 7.99. The van der Waals surface area contributed by atoms with Crippen molar-refractivity contribution in [1.82, 2.24) is 4.98 Å². The van der Waals surface area contributed by atoms with Crippen LogP contribution in [0.3, 0.4) is 0 Å². The highest BCUT2D eigenvalue weighted by atomic mass is 32.2. The lowest BCUT2D eigenvalue weighted by molar-refractivity contribution is 0.590. The maximum atomic E-state index is 5.91. The predicted octanol–water partition coefficient (Wildman–Crippen LogP) is 4.55. The van der Waals surface area contributed by atoms with E-state index in [1.807, 2.05) is 19.2 Å². The van der Waals surface area contributed by atoms with E-state index in [-0.39, 0.29) is 11.5 Å². The number of aromatic nitrogens is 1. The zero-order valence-electron chi connectivity index (χ0n) is 12.6. The van der Waals surface area contributed by atoms with Gasteiger partial charge in [-0.25, -0.2) is 4.98 Å². The Labute approximate surface area is 125 Å². The molecule has 106 valence electrons. The van der Waals surface area contributed by atoms with Crippen LogP contribution < -0.4 is 5.73 Å². The third-order valence-corrected chi connectivity index (χ3v) is 4.17. The second-order valence-electron chi connectivity index (χ2n) is 6.09. The Morgan fingerprint density at radius 3 is 2.30 bits per heavy atom. The minimum Gasteiger partial charge on any atom is -0.324 e. The summed E-state index contributed by atoms with van der Waals surface area (Å²) in [5.41, 5.74) is 8.56. The van der Waals surface area contributed by atoms with E-state index < -0.39 is 0 Å². The van der Waals surface area contributed by atoms with Crippen molar-refractivity contribution >= 4 is 11.8 Å². The quantitative estimate of drug-likeness (QED) is 0.899. The van der Waals surface area contributed by atoms with Crippen LogP contribution >= 0.6 is 11.8 Å². The molecule has 2 rings (SSSR count). The number of hydrogen-bond donors (Lipinski definition) is 1. The summed E-state index contributed by atoms with van der Waals surface area (Å²) < 4.78 is 0. The number of rotatable bonds is 3. The van der Waals surface area contributed by atoms with E-state index in [1.165, 1.54) is 10.5 Å². The minimum absolute atomic E-state index is 0.0422. The van der Waals surface area contributed by atoms with Crippen molar-refractivity contribution in [3.05, 3.63) is 53.7 Å². The van der Waals surface area contributed by atoms with Gasteiger partial charge in [0.25, 0.3) is 0 Å². The average molecular weight is 286 g/mol. The van der Waals surface area contributed by atoms with Crippen molar-refractivity contribution in [1.29, 1.82) is 0 Å². The predicted molar refractivity (Wildman–Crippen MR) is 86.1 cm³/mol. The molecule has 3 heteroatoms. The summed E-state index contributed by atoms with van der Waals surface area (Å²) in [4.78, 5) is 5.60. The number of hydrogen-bond acceptors (Lipinski definition) is 3. The molecule has 0 spiro atoms. The van der Waals surface area contributed by atoms with Crippen LogP contribution in [0.2, 0.25) is 0 Å². The fourth-order valence-corrected chi connectivity index (χ4v) is 2.73. The van der Waals surface area contributed by atoms with Crippen molar-refractivity contribution in [2.45, 2.75) is 49.1 Å². The third-order valence-electron chi connectivity index (χ3n) is 3.23. The van der Waals surface area contributed by atoms with Gasteiger partial charge in [-0.15, -0.1) is 0 Å². The van der Waals surface area contributed by atoms with E-state index in [0.29, 0.717) is 0 Å². The van der Waals surface area contributed by atoms with Crippen LogP contribution in [0.5, 0.6) is 0 Å². The molecule has 0 aliphatic heterocycles. The standard InChI is InChI=1S/C17H22N2S/c1-12(18)13-9-10-19-16(11-13)20-15-7-5-14(6-8-15)17(2,3)4/h5-12H,18H2,1-4H3. The molecule has 0 saturated heterocycles. The molecule has 2 nitrogen and oxygen atoms in total. The first-order valence-electron chi connectivity index (χ1n) is 6.86. The Hall–Kier alpha value is -1.32. The van der Waals surface area contributed by atoms with Crippen LogP contribution in [-0.2, 0) is 5.41 Å². The summed E-state index contributed by atoms with van der Waals surface area (Å²) in [6.07, 6.45) is 1.82. The van der Waals surface area contributed by atoms with E-state index >= 15 is 0 Å². The van der Waals surface area contributed by atoms with Crippen molar-refractivity contribution in [2.75, 3.05) is 0 Å². The topological polar surface area (TPSA) is 38.9 Å². The lowest BCUT2D eigenvalue weighted by atomic mass is 9.87. The molecular formula is C17H22N2S. The average Bonchev–Trinajstić information content (AvgIpc) is 2.38. The molecular weight excluding hydrogens is 264 g/mol. The third kappa shape index (κ3) is 3.84. The normalized spacial score (nSPS) is 13.2. The van der Waals surface area contributed by atoms with Crippen LogP contribution in [0.15, 0.2) is 52.5 Å². The number of nitrogens with two attached hydrogens (primary N) is 1. The smallest absolute Gasteiger partial charge is 0.101 e. The second kappa shape index (κ2) is 5.98. The fourth-order valence-electron chi connectivity index (χ4n) is 1.91. The highest BCUT2D eigenvalue weighted by Gasteiger charge is 2.13. The van der Waals surface area contributed by atoms with E-state index in [0.717, 1.165) is 10.6 Å². The second-order valence-corrected chi connectivity index (χ2v) is 7.19. The Morgan fingerprint density at radius 1 is 1.10 bits per heavy atom. The highest BCUT2D eigenvalue weighted by Crippen LogP contribution is 2.30. The zero-order chi connectivity index (χ0) is 14.8. The summed E-state index contributed by atoms with van der Waals surface area (Å²) in [5.74, 6) is 0. The maximum Gasteiger partial charge on any atom is 0.101 e. The summed E-state index contributed by atoms with van der Waals surface area (Å²) in [5, 5.41) is 0.989.